The number of carbonyl (C=O) groups excluding carboxylic acids is 1. The molecule has 1 aromatic heterocycles. The number of hydrogen-bond donors (Lipinski definition) is 2. The van der Waals surface area contributed by atoms with Gasteiger partial charge in [0.2, 0.25) is 5.91 Å². The number of nitrogens with one attached hydrogen (secondary N) is 2. The van der Waals surface area contributed by atoms with Crippen molar-refractivity contribution in [2.45, 2.75) is 19.4 Å². The van der Waals surface area contributed by atoms with Gasteiger partial charge in [-0.1, -0.05) is 11.6 Å². The Balaban J connectivity index is 1.73. The number of hydrogen-bond acceptors (Lipinski definition) is 4. The van der Waals surface area contributed by atoms with E-state index in [0.717, 1.165) is 11.0 Å². The van der Waals surface area contributed by atoms with E-state index in [4.69, 9.17) is 11.6 Å². The Morgan fingerprint density at radius 3 is 2.95 bits per heavy atom. The van der Waals surface area contributed by atoms with Gasteiger partial charge in [-0.15, -0.1) is 0 Å². The molecule has 118 valence electrons. The van der Waals surface area contributed by atoms with E-state index in [2.05, 4.69) is 15.3 Å². The van der Waals surface area contributed by atoms with Gasteiger partial charge in [0, 0.05) is 5.02 Å². The standard InChI is InChI=1S/C14H16ClN3O3S/c1-8(16-14(19)9-4-5-22(20,21)7-9)13-17-11-3-2-10(15)6-12(11)18-13/h2-3,6,8-9H,4-5,7H2,1H3,(H,16,19)(H,17,18). The van der Waals surface area contributed by atoms with Gasteiger partial charge >= 0.3 is 0 Å². The molecule has 8 heteroatoms. The fourth-order valence-corrected chi connectivity index (χ4v) is 4.52. The predicted octanol–water partition coefficient (Wildman–Crippen LogP) is 1.83. The minimum atomic E-state index is -3.07. The molecule has 0 spiro atoms. The number of sulfone groups is 1. The lowest BCUT2D eigenvalue weighted by Crippen LogP contribution is -2.33. The Morgan fingerprint density at radius 1 is 1.50 bits per heavy atom. The molecule has 1 amide bonds. The first kappa shape index (κ1) is 15.3. The first-order valence-electron chi connectivity index (χ1n) is 7.00. The molecule has 2 heterocycles. The van der Waals surface area contributed by atoms with Crippen molar-refractivity contribution in [2.75, 3.05) is 11.5 Å². The van der Waals surface area contributed by atoms with Gasteiger partial charge < -0.3 is 10.3 Å². The van der Waals surface area contributed by atoms with Crippen LogP contribution in [0.15, 0.2) is 18.2 Å². The number of nitrogens with zero attached hydrogens (tertiary/aromatic N) is 1. The maximum absolute atomic E-state index is 12.1. The van der Waals surface area contributed by atoms with Crippen LogP contribution in [0.2, 0.25) is 5.02 Å². The number of aromatic amines is 1. The highest BCUT2D eigenvalue weighted by Crippen LogP contribution is 2.22. The van der Waals surface area contributed by atoms with Crippen LogP contribution in [0, 0.1) is 5.92 Å². The van der Waals surface area contributed by atoms with Crippen LogP contribution >= 0.6 is 11.6 Å². The summed E-state index contributed by atoms with van der Waals surface area (Å²) in [7, 11) is -3.07. The summed E-state index contributed by atoms with van der Waals surface area (Å²) in [5, 5.41) is 3.43. The molecule has 0 saturated carbocycles. The lowest BCUT2D eigenvalue weighted by atomic mass is 10.1. The topological polar surface area (TPSA) is 91.9 Å². The van der Waals surface area contributed by atoms with Crippen LogP contribution in [0.5, 0.6) is 0 Å². The average Bonchev–Trinajstić information content (AvgIpc) is 3.01. The normalized spacial score (nSPS) is 21.8. The number of halogens is 1. The van der Waals surface area contributed by atoms with Crippen molar-refractivity contribution in [2.24, 2.45) is 5.92 Å². The smallest absolute Gasteiger partial charge is 0.224 e. The lowest BCUT2D eigenvalue weighted by molar-refractivity contribution is -0.124. The van der Waals surface area contributed by atoms with E-state index in [9.17, 15) is 13.2 Å². The van der Waals surface area contributed by atoms with Gasteiger partial charge in [0.25, 0.3) is 0 Å². The summed E-state index contributed by atoms with van der Waals surface area (Å²) in [6.45, 7) is 1.81. The van der Waals surface area contributed by atoms with Crippen molar-refractivity contribution >= 4 is 38.4 Å². The fraction of sp³-hybridized carbons (Fsp3) is 0.429. The van der Waals surface area contributed by atoms with Crippen LogP contribution in [0.4, 0.5) is 0 Å². The summed E-state index contributed by atoms with van der Waals surface area (Å²) < 4.78 is 22.9. The maximum Gasteiger partial charge on any atom is 0.224 e. The fourth-order valence-electron chi connectivity index (χ4n) is 2.61. The molecule has 2 aromatic rings. The number of carbonyl (C=O) groups is 1. The summed E-state index contributed by atoms with van der Waals surface area (Å²) in [5.41, 5.74) is 1.57. The van der Waals surface area contributed by atoms with Crippen LogP contribution in [0.25, 0.3) is 11.0 Å². The van der Waals surface area contributed by atoms with Crippen LogP contribution in [-0.2, 0) is 14.6 Å². The van der Waals surface area contributed by atoms with Gasteiger partial charge in [-0.05, 0) is 31.5 Å². The molecule has 1 saturated heterocycles. The first-order valence-corrected chi connectivity index (χ1v) is 9.20. The summed E-state index contributed by atoms with van der Waals surface area (Å²) in [6, 6.07) is 4.99. The minimum absolute atomic E-state index is 0.0682. The third-order valence-corrected chi connectivity index (χ3v) is 5.84. The second-order valence-corrected chi connectivity index (χ2v) is 8.28. The number of rotatable bonds is 3. The van der Waals surface area contributed by atoms with E-state index in [1.807, 2.05) is 0 Å². The van der Waals surface area contributed by atoms with E-state index in [1.54, 1.807) is 25.1 Å². The zero-order chi connectivity index (χ0) is 15.9. The number of imidazole rings is 1. The summed E-state index contributed by atoms with van der Waals surface area (Å²) in [6.07, 6.45) is 0.386. The van der Waals surface area contributed by atoms with Crippen molar-refractivity contribution in [3.8, 4) is 0 Å². The zero-order valence-corrected chi connectivity index (χ0v) is 13.5. The van der Waals surface area contributed by atoms with Crippen molar-refractivity contribution in [3.05, 3.63) is 29.0 Å². The van der Waals surface area contributed by atoms with E-state index < -0.39 is 15.8 Å². The average molecular weight is 342 g/mol. The number of amides is 1. The molecule has 2 unspecified atom stereocenters. The predicted molar refractivity (Wildman–Crippen MR) is 84.4 cm³/mol. The Bertz CT molecular complexity index is 831. The zero-order valence-electron chi connectivity index (χ0n) is 12.0. The molecule has 0 aliphatic carbocycles. The third kappa shape index (κ3) is 3.10. The van der Waals surface area contributed by atoms with Crippen LogP contribution in [0.3, 0.4) is 0 Å². The number of benzene rings is 1. The van der Waals surface area contributed by atoms with E-state index in [1.165, 1.54) is 0 Å². The van der Waals surface area contributed by atoms with E-state index >= 15 is 0 Å². The van der Waals surface area contributed by atoms with Crippen LogP contribution in [0.1, 0.15) is 25.2 Å². The van der Waals surface area contributed by atoms with Gasteiger partial charge in [0.1, 0.15) is 5.82 Å². The van der Waals surface area contributed by atoms with Crippen molar-refractivity contribution in [1.82, 2.24) is 15.3 Å². The molecule has 0 bridgehead atoms. The molecular weight excluding hydrogens is 326 g/mol. The molecule has 1 aliphatic rings. The first-order chi connectivity index (χ1) is 10.3. The van der Waals surface area contributed by atoms with E-state index in [0.29, 0.717) is 17.3 Å². The highest BCUT2D eigenvalue weighted by molar-refractivity contribution is 7.91. The van der Waals surface area contributed by atoms with Crippen molar-refractivity contribution in [3.63, 3.8) is 0 Å². The third-order valence-electron chi connectivity index (χ3n) is 3.83. The Morgan fingerprint density at radius 2 is 2.27 bits per heavy atom. The second kappa shape index (κ2) is 5.55. The minimum Gasteiger partial charge on any atom is -0.346 e. The summed E-state index contributed by atoms with van der Waals surface area (Å²) in [4.78, 5) is 19.7. The van der Waals surface area contributed by atoms with Crippen molar-refractivity contribution in [1.29, 1.82) is 0 Å². The van der Waals surface area contributed by atoms with Gasteiger partial charge in [0.05, 0.1) is 34.5 Å². The molecule has 3 rings (SSSR count). The molecule has 2 atom stereocenters. The molecule has 2 N–H and O–H groups in total. The highest BCUT2D eigenvalue weighted by atomic mass is 35.5. The maximum atomic E-state index is 12.1. The molecule has 6 nitrogen and oxygen atoms in total. The van der Waals surface area contributed by atoms with Crippen LogP contribution < -0.4 is 5.32 Å². The highest BCUT2D eigenvalue weighted by Gasteiger charge is 2.33. The molecule has 0 radical (unpaired) electrons. The quantitative estimate of drug-likeness (QED) is 0.890. The largest absolute Gasteiger partial charge is 0.346 e. The molecule has 1 fully saturated rings. The monoisotopic (exact) mass is 341 g/mol. The van der Waals surface area contributed by atoms with Crippen LogP contribution in [-0.4, -0.2) is 35.8 Å². The Kier molecular flexibility index (Phi) is 3.86. The number of aromatic nitrogens is 2. The lowest BCUT2D eigenvalue weighted by Gasteiger charge is -2.14. The van der Waals surface area contributed by atoms with E-state index in [-0.39, 0.29) is 23.5 Å². The second-order valence-electron chi connectivity index (χ2n) is 5.61. The van der Waals surface area contributed by atoms with Gasteiger partial charge in [0.15, 0.2) is 9.84 Å². The molecule has 22 heavy (non-hydrogen) atoms. The Hall–Kier alpha value is -1.60. The van der Waals surface area contributed by atoms with Gasteiger partial charge in [-0.25, -0.2) is 13.4 Å². The van der Waals surface area contributed by atoms with Crippen molar-refractivity contribution < 1.29 is 13.2 Å². The SMILES string of the molecule is CC(NC(=O)C1CCS(=O)(=O)C1)c1nc2ccc(Cl)cc2[nH]1. The van der Waals surface area contributed by atoms with Gasteiger partial charge in [-0.3, -0.25) is 4.79 Å². The summed E-state index contributed by atoms with van der Waals surface area (Å²) in [5.74, 6) is -0.0750. The molecular formula is C14H16ClN3O3S. The number of H-pyrrole nitrogens is 1. The van der Waals surface area contributed by atoms with Gasteiger partial charge in [-0.2, -0.15) is 0 Å². The molecule has 1 aliphatic heterocycles. The summed E-state index contributed by atoms with van der Waals surface area (Å²) >= 11 is 5.93. The molecule has 1 aromatic carbocycles. The number of fused-ring (bicyclic) bond motifs is 1. The Labute approximate surface area is 133 Å².